The number of hydrogen-bond donors (Lipinski definition) is 1. The highest BCUT2D eigenvalue weighted by Crippen LogP contribution is 2.36. The molecule has 0 aliphatic heterocycles. The fraction of sp³-hybridized carbons (Fsp3) is 0.172. The number of carbonyl (C=O) groups excluding carboxylic acids is 2. The number of amides is 1. The summed E-state index contributed by atoms with van der Waals surface area (Å²) in [6.45, 7) is 3.46. The highest BCUT2D eigenvalue weighted by atomic mass is 32.1. The van der Waals surface area contributed by atoms with Gasteiger partial charge in [-0.25, -0.2) is 4.79 Å². The third-order valence-corrected chi connectivity index (χ3v) is 6.56. The van der Waals surface area contributed by atoms with Crippen LogP contribution in [0.5, 0.6) is 0 Å². The average molecular weight is 485 g/mol. The van der Waals surface area contributed by atoms with E-state index in [1.165, 1.54) is 18.4 Å². The molecule has 1 aromatic heterocycles. The minimum absolute atomic E-state index is 0.181. The number of ether oxygens (including phenoxy) is 1. The van der Waals surface area contributed by atoms with Gasteiger partial charge in [0, 0.05) is 24.0 Å². The quantitative estimate of drug-likeness (QED) is 0.290. The van der Waals surface area contributed by atoms with Crippen LogP contribution in [0, 0.1) is 6.92 Å². The number of esters is 1. The molecule has 0 unspecified atom stereocenters. The Morgan fingerprint density at radius 1 is 0.857 bits per heavy atom. The van der Waals surface area contributed by atoms with Crippen molar-refractivity contribution < 1.29 is 14.3 Å². The average Bonchev–Trinajstić information content (AvgIpc) is 3.28. The van der Waals surface area contributed by atoms with E-state index in [0.717, 1.165) is 27.8 Å². The van der Waals surface area contributed by atoms with Crippen LogP contribution in [0.25, 0.3) is 11.1 Å². The number of rotatable bonds is 9. The predicted molar refractivity (Wildman–Crippen MR) is 141 cm³/mol. The molecule has 0 atom stereocenters. The van der Waals surface area contributed by atoms with Crippen molar-refractivity contribution >= 4 is 28.2 Å². The first-order valence-electron chi connectivity index (χ1n) is 11.4. The van der Waals surface area contributed by atoms with Crippen LogP contribution < -0.4 is 5.32 Å². The molecule has 0 saturated heterocycles. The molecule has 0 radical (unpaired) electrons. The van der Waals surface area contributed by atoms with Crippen LogP contribution in [0.1, 0.15) is 27.0 Å². The minimum Gasteiger partial charge on any atom is -0.465 e. The molecule has 0 spiro atoms. The summed E-state index contributed by atoms with van der Waals surface area (Å²) in [6.07, 6.45) is 0. The van der Waals surface area contributed by atoms with Gasteiger partial charge in [-0.05, 0) is 23.6 Å². The zero-order chi connectivity index (χ0) is 24.6. The molecule has 0 aliphatic rings. The Labute approximate surface area is 210 Å². The third-order valence-electron chi connectivity index (χ3n) is 5.66. The highest BCUT2D eigenvalue weighted by Gasteiger charge is 2.23. The lowest BCUT2D eigenvalue weighted by molar-refractivity contribution is -0.117. The molecule has 4 aromatic rings. The summed E-state index contributed by atoms with van der Waals surface area (Å²) in [6, 6.07) is 28.1. The second-order valence-electron chi connectivity index (χ2n) is 8.38. The molecular weight excluding hydrogens is 456 g/mol. The molecule has 4 rings (SSSR count). The standard InChI is InChI=1S/C29H28N2O3S/c1-21-13-15-24(16-14-21)25-20-35-28(27(25)29(33)34-2)30-26(32)19-31(17-22-9-5-3-6-10-22)18-23-11-7-4-8-12-23/h3-16,20H,17-19H2,1-2H3,(H,30,32). The van der Waals surface area contributed by atoms with E-state index in [4.69, 9.17) is 4.74 Å². The predicted octanol–water partition coefficient (Wildman–Crippen LogP) is 6.15. The van der Waals surface area contributed by atoms with Crippen molar-refractivity contribution in [2.24, 2.45) is 0 Å². The smallest absolute Gasteiger partial charge is 0.341 e. The molecule has 0 fully saturated rings. The maximum absolute atomic E-state index is 13.2. The SMILES string of the molecule is COC(=O)c1c(-c2ccc(C)cc2)csc1NC(=O)CN(Cc1ccccc1)Cc1ccccc1. The van der Waals surface area contributed by atoms with E-state index in [-0.39, 0.29) is 12.5 Å². The summed E-state index contributed by atoms with van der Waals surface area (Å²) < 4.78 is 5.05. The van der Waals surface area contributed by atoms with Crippen LogP contribution in [-0.4, -0.2) is 30.4 Å². The molecule has 6 heteroatoms. The molecule has 5 nitrogen and oxygen atoms in total. The number of thiophene rings is 1. The van der Waals surface area contributed by atoms with Gasteiger partial charge >= 0.3 is 5.97 Å². The Bertz CT molecular complexity index is 1230. The Balaban J connectivity index is 1.54. The molecule has 1 N–H and O–H groups in total. The number of carbonyl (C=O) groups is 2. The number of hydrogen-bond acceptors (Lipinski definition) is 5. The molecule has 3 aromatic carbocycles. The van der Waals surface area contributed by atoms with Gasteiger partial charge in [-0.1, -0.05) is 90.5 Å². The fourth-order valence-corrected chi connectivity index (χ4v) is 4.89. The Kier molecular flexibility index (Phi) is 8.08. The highest BCUT2D eigenvalue weighted by molar-refractivity contribution is 7.15. The van der Waals surface area contributed by atoms with Gasteiger partial charge in [-0.2, -0.15) is 0 Å². The lowest BCUT2D eigenvalue weighted by Gasteiger charge is -2.22. The van der Waals surface area contributed by atoms with E-state index in [2.05, 4.69) is 34.5 Å². The zero-order valence-electron chi connectivity index (χ0n) is 19.9. The first-order chi connectivity index (χ1) is 17.0. The van der Waals surface area contributed by atoms with Crippen molar-refractivity contribution in [3.8, 4) is 11.1 Å². The van der Waals surface area contributed by atoms with Crippen molar-refractivity contribution in [2.75, 3.05) is 19.0 Å². The maximum Gasteiger partial charge on any atom is 0.341 e. The first kappa shape index (κ1) is 24.4. The van der Waals surface area contributed by atoms with Gasteiger partial charge in [0.15, 0.2) is 0 Å². The van der Waals surface area contributed by atoms with E-state index in [1.807, 2.05) is 73.0 Å². The number of aryl methyl sites for hydroxylation is 1. The molecule has 178 valence electrons. The van der Waals surface area contributed by atoms with Crippen molar-refractivity contribution in [3.05, 3.63) is 113 Å². The summed E-state index contributed by atoms with van der Waals surface area (Å²) in [5.74, 6) is -0.651. The molecular formula is C29H28N2O3S. The monoisotopic (exact) mass is 484 g/mol. The van der Waals surface area contributed by atoms with Crippen LogP contribution in [0.4, 0.5) is 5.00 Å². The van der Waals surface area contributed by atoms with Gasteiger partial charge < -0.3 is 10.1 Å². The van der Waals surface area contributed by atoms with Gasteiger partial charge in [0.2, 0.25) is 5.91 Å². The number of benzene rings is 3. The maximum atomic E-state index is 13.2. The van der Waals surface area contributed by atoms with E-state index < -0.39 is 5.97 Å². The Hall–Kier alpha value is -3.74. The van der Waals surface area contributed by atoms with Gasteiger partial charge in [-0.15, -0.1) is 11.3 Å². The zero-order valence-corrected chi connectivity index (χ0v) is 20.7. The van der Waals surface area contributed by atoms with Gasteiger partial charge in [0.1, 0.15) is 10.6 Å². The topological polar surface area (TPSA) is 58.6 Å². The van der Waals surface area contributed by atoms with E-state index in [0.29, 0.717) is 23.7 Å². The van der Waals surface area contributed by atoms with Crippen molar-refractivity contribution in [2.45, 2.75) is 20.0 Å². The largest absolute Gasteiger partial charge is 0.465 e. The number of methoxy groups -OCH3 is 1. The van der Waals surface area contributed by atoms with Crippen LogP contribution in [-0.2, 0) is 22.6 Å². The number of nitrogens with one attached hydrogen (secondary N) is 1. The van der Waals surface area contributed by atoms with Crippen LogP contribution in [0.2, 0.25) is 0 Å². The van der Waals surface area contributed by atoms with Crippen molar-refractivity contribution in [1.29, 1.82) is 0 Å². The molecule has 0 aliphatic carbocycles. The first-order valence-corrected chi connectivity index (χ1v) is 12.3. The van der Waals surface area contributed by atoms with Crippen LogP contribution >= 0.6 is 11.3 Å². The van der Waals surface area contributed by atoms with Crippen LogP contribution in [0.15, 0.2) is 90.3 Å². The fourth-order valence-electron chi connectivity index (χ4n) is 3.92. The van der Waals surface area contributed by atoms with E-state index >= 15 is 0 Å². The van der Waals surface area contributed by atoms with Crippen molar-refractivity contribution in [1.82, 2.24) is 4.90 Å². The molecule has 1 amide bonds. The van der Waals surface area contributed by atoms with Crippen LogP contribution in [0.3, 0.4) is 0 Å². The number of anilines is 1. The number of nitrogens with zero attached hydrogens (tertiary/aromatic N) is 1. The van der Waals surface area contributed by atoms with Gasteiger partial charge in [0.05, 0.1) is 13.7 Å². The summed E-state index contributed by atoms with van der Waals surface area (Å²) in [4.78, 5) is 27.9. The van der Waals surface area contributed by atoms with E-state index in [1.54, 1.807) is 0 Å². The molecule has 35 heavy (non-hydrogen) atoms. The second kappa shape index (κ2) is 11.6. The third kappa shape index (κ3) is 6.44. The summed E-state index contributed by atoms with van der Waals surface area (Å²) in [7, 11) is 1.35. The van der Waals surface area contributed by atoms with Crippen molar-refractivity contribution in [3.63, 3.8) is 0 Å². The second-order valence-corrected chi connectivity index (χ2v) is 9.26. The summed E-state index contributed by atoms with van der Waals surface area (Å²) in [5, 5.41) is 5.35. The Morgan fingerprint density at radius 2 is 1.43 bits per heavy atom. The van der Waals surface area contributed by atoms with Gasteiger partial charge in [-0.3, -0.25) is 9.69 Å². The lowest BCUT2D eigenvalue weighted by Crippen LogP contribution is -2.32. The lowest BCUT2D eigenvalue weighted by atomic mass is 10.0. The summed E-state index contributed by atoms with van der Waals surface area (Å²) in [5.41, 5.74) is 5.43. The summed E-state index contributed by atoms with van der Waals surface area (Å²) >= 11 is 1.33. The Morgan fingerprint density at radius 3 is 1.97 bits per heavy atom. The molecule has 0 saturated carbocycles. The van der Waals surface area contributed by atoms with E-state index in [9.17, 15) is 9.59 Å². The molecule has 0 bridgehead atoms. The molecule has 1 heterocycles. The minimum atomic E-state index is -0.470. The normalized spacial score (nSPS) is 10.8. The van der Waals surface area contributed by atoms with Gasteiger partial charge in [0.25, 0.3) is 0 Å².